The number of benzene rings is 1. The Bertz CT molecular complexity index is 445. The Balaban J connectivity index is 1.88. The summed E-state index contributed by atoms with van der Waals surface area (Å²) in [4.78, 5) is 14.2. The number of rotatable bonds is 5. The number of anilines is 1. The van der Waals surface area contributed by atoms with Crippen LogP contribution in [0, 0.1) is 0 Å². The second kappa shape index (κ2) is 6.78. The second-order valence-corrected chi connectivity index (χ2v) is 5.13. The highest BCUT2D eigenvalue weighted by molar-refractivity contribution is 6.31. The average Bonchev–Trinajstić information content (AvgIpc) is 2.90. The first-order valence-corrected chi connectivity index (χ1v) is 6.92. The van der Waals surface area contributed by atoms with Crippen molar-refractivity contribution >= 4 is 23.2 Å². The second-order valence-electron chi connectivity index (χ2n) is 4.69. The molecule has 0 spiro atoms. The SMILES string of the molecule is COc1ccc(Cl)cc1NC(=O)CCN1CCCC1. The van der Waals surface area contributed by atoms with Crippen molar-refractivity contribution in [3.05, 3.63) is 23.2 Å². The fourth-order valence-corrected chi connectivity index (χ4v) is 2.43. The normalized spacial score (nSPS) is 15.5. The van der Waals surface area contributed by atoms with Crippen LogP contribution in [0.4, 0.5) is 5.69 Å². The summed E-state index contributed by atoms with van der Waals surface area (Å²) in [6.45, 7) is 3.02. The van der Waals surface area contributed by atoms with Crippen LogP contribution < -0.4 is 10.1 Å². The van der Waals surface area contributed by atoms with E-state index in [1.54, 1.807) is 25.3 Å². The van der Waals surface area contributed by atoms with Crippen molar-refractivity contribution in [1.29, 1.82) is 0 Å². The lowest BCUT2D eigenvalue weighted by Gasteiger charge is -2.15. The third kappa shape index (κ3) is 4.11. The maximum Gasteiger partial charge on any atom is 0.225 e. The zero-order chi connectivity index (χ0) is 13.7. The molecule has 2 rings (SSSR count). The predicted octanol–water partition coefficient (Wildman–Crippen LogP) is 2.77. The Morgan fingerprint density at radius 1 is 1.42 bits per heavy atom. The number of hydrogen-bond donors (Lipinski definition) is 1. The van der Waals surface area contributed by atoms with E-state index < -0.39 is 0 Å². The molecule has 1 aromatic carbocycles. The first kappa shape index (κ1) is 14.2. The molecule has 0 aromatic heterocycles. The zero-order valence-electron chi connectivity index (χ0n) is 11.1. The maximum absolute atomic E-state index is 11.9. The Morgan fingerprint density at radius 2 is 2.16 bits per heavy atom. The van der Waals surface area contributed by atoms with Crippen LogP contribution in [-0.4, -0.2) is 37.6 Å². The number of ether oxygens (including phenoxy) is 1. The molecule has 0 bridgehead atoms. The third-order valence-electron chi connectivity index (χ3n) is 3.29. The molecular formula is C14H19ClN2O2. The molecule has 0 unspecified atom stereocenters. The van der Waals surface area contributed by atoms with E-state index in [1.807, 2.05) is 0 Å². The Labute approximate surface area is 118 Å². The van der Waals surface area contributed by atoms with Gasteiger partial charge in [0.05, 0.1) is 12.8 Å². The lowest BCUT2D eigenvalue weighted by atomic mass is 10.2. The van der Waals surface area contributed by atoms with Crippen molar-refractivity contribution in [2.45, 2.75) is 19.3 Å². The van der Waals surface area contributed by atoms with Gasteiger partial charge in [-0.05, 0) is 44.1 Å². The van der Waals surface area contributed by atoms with E-state index in [0.29, 0.717) is 22.9 Å². The summed E-state index contributed by atoms with van der Waals surface area (Å²) in [5, 5.41) is 3.43. The van der Waals surface area contributed by atoms with Crippen molar-refractivity contribution in [2.75, 3.05) is 32.1 Å². The Hall–Kier alpha value is -1.26. The molecule has 19 heavy (non-hydrogen) atoms. The summed E-state index contributed by atoms with van der Waals surface area (Å²) >= 11 is 5.92. The van der Waals surface area contributed by atoms with Gasteiger partial charge in [0, 0.05) is 18.0 Å². The first-order chi connectivity index (χ1) is 9.19. The molecule has 0 radical (unpaired) electrons. The van der Waals surface area contributed by atoms with Gasteiger partial charge in [-0.25, -0.2) is 0 Å². The van der Waals surface area contributed by atoms with Crippen LogP contribution in [0.25, 0.3) is 0 Å². The predicted molar refractivity (Wildman–Crippen MR) is 76.9 cm³/mol. The van der Waals surface area contributed by atoms with E-state index in [-0.39, 0.29) is 5.91 Å². The van der Waals surface area contributed by atoms with Gasteiger partial charge >= 0.3 is 0 Å². The molecule has 0 saturated carbocycles. The summed E-state index contributed by atoms with van der Waals surface area (Å²) < 4.78 is 5.20. The van der Waals surface area contributed by atoms with E-state index in [9.17, 15) is 4.79 Å². The minimum atomic E-state index is -0.00698. The van der Waals surface area contributed by atoms with Gasteiger partial charge < -0.3 is 15.0 Å². The fraction of sp³-hybridized carbons (Fsp3) is 0.500. The van der Waals surface area contributed by atoms with Gasteiger partial charge in [0.15, 0.2) is 0 Å². The number of halogens is 1. The summed E-state index contributed by atoms with van der Waals surface area (Å²) in [6.07, 6.45) is 2.98. The molecule has 1 saturated heterocycles. The third-order valence-corrected chi connectivity index (χ3v) is 3.52. The summed E-state index contributed by atoms with van der Waals surface area (Å²) in [6, 6.07) is 5.19. The largest absolute Gasteiger partial charge is 0.495 e. The van der Waals surface area contributed by atoms with Crippen molar-refractivity contribution in [1.82, 2.24) is 4.90 Å². The number of nitrogens with zero attached hydrogens (tertiary/aromatic N) is 1. The molecule has 0 atom stereocenters. The smallest absolute Gasteiger partial charge is 0.225 e. The van der Waals surface area contributed by atoms with Crippen LogP contribution in [0.3, 0.4) is 0 Å². The molecule has 1 aromatic rings. The van der Waals surface area contributed by atoms with E-state index in [2.05, 4.69) is 10.2 Å². The number of hydrogen-bond acceptors (Lipinski definition) is 3. The standard InChI is InChI=1S/C14H19ClN2O2/c1-19-13-5-4-11(15)10-12(13)16-14(18)6-9-17-7-2-3-8-17/h4-5,10H,2-3,6-9H2,1H3,(H,16,18). The number of carbonyl (C=O) groups excluding carboxylic acids is 1. The van der Waals surface area contributed by atoms with Gasteiger partial charge in [-0.1, -0.05) is 11.6 Å². The summed E-state index contributed by atoms with van der Waals surface area (Å²) in [5.41, 5.74) is 0.626. The van der Waals surface area contributed by atoms with Crippen molar-refractivity contribution < 1.29 is 9.53 Å². The molecule has 0 aliphatic carbocycles. The Morgan fingerprint density at radius 3 is 2.84 bits per heavy atom. The lowest BCUT2D eigenvalue weighted by molar-refractivity contribution is -0.116. The molecule has 1 aliphatic heterocycles. The van der Waals surface area contributed by atoms with Crippen LogP contribution in [0.5, 0.6) is 5.75 Å². The zero-order valence-corrected chi connectivity index (χ0v) is 11.9. The van der Waals surface area contributed by atoms with Crippen LogP contribution in [0.1, 0.15) is 19.3 Å². The molecule has 4 nitrogen and oxygen atoms in total. The van der Waals surface area contributed by atoms with Crippen molar-refractivity contribution in [3.8, 4) is 5.75 Å². The van der Waals surface area contributed by atoms with E-state index >= 15 is 0 Å². The van der Waals surface area contributed by atoms with Gasteiger partial charge in [-0.15, -0.1) is 0 Å². The van der Waals surface area contributed by atoms with E-state index in [0.717, 1.165) is 19.6 Å². The molecule has 1 aliphatic rings. The van der Waals surface area contributed by atoms with Gasteiger partial charge in [0.2, 0.25) is 5.91 Å². The summed E-state index contributed by atoms with van der Waals surface area (Å²) in [7, 11) is 1.57. The molecular weight excluding hydrogens is 264 g/mol. The highest BCUT2D eigenvalue weighted by Gasteiger charge is 2.14. The van der Waals surface area contributed by atoms with Gasteiger partial charge in [0.25, 0.3) is 0 Å². The van der Waals surface area contributed by atoms with Crippen LogP contribution in [0.2, 0.25) is 5.02 Å². The minimum absolute atomic E-state index is 0.00698. The highest BCUT2D eigenvalue weighted by atomic mass is 35.5. The molecule has 104 valence electrons. The molecule has 1 heterocycles. The van der Waals surface area contributed by atoms with Crippen LogP contribution in [-0.2, 0) is 4.79 Å². The average molecular weight is 283 g/mol. The molecule has 1 fully saturated rings. The van der Waals surface area contributed by atoms with Gasteiger partial charge in [-0.2, -0.15) is 0 Å². The highest BCUT2D eigenvalue weighted by Crippen LogP contribution is 2.27. The quantitative estimate of drug-likeness (QED) is 0.903. The molecule has 1 amide bonds. The molecule has 5 heteroatoms. The fourth-order valence-electron chi connectivity index (χ4n) is 2.26. The number of carbonyl (C=O) groups is 1. The number of nitrogens with one attached hydrogen (secondary N) is 1. The first-order valence-electron chi connectivity index (χ1n) is 6.55. The summed E-state index contributed by atoms with van der Waals surface area (Å²) in [5.74, 6) is 0.617. The van der Waals surface area contributed by atoms with Gasteiger partial charge in [0.1, 0.15) is 5.75 Å². The maximum atomic E-state index is 11.9. The number of amides is 1. The number of methoxy groups -OCH3 is 1. The minimum Gasteiger partial charge on any atom is -0.495 e. The van der Waals surface area contributed by atoms with E-state index in [4.69, 9.17) is 16.3 Å². The van der Waals surface area contributed by atoms with E-state index in [1.165, 1.54) is 12.8 Å². The Kier molecular flexibility index (Phi) is 5.05. The molecule has 1 N–H and O–H groups in total. The van der Waals surface area contributed by atoms with Crippen molar-refractivity contribution in [3.63, 3.8) is 0 Å². The monoisotopic (exact) mass is 282 g/mol. The number of likely N-dealkylation sites (tertiary alicyclic amines) is 1. The van der Waals surface area contributed by atoms with Crippen LogP contribution >= 0.6 is 11.6 Å². The van der Waals surface area contributed by atoms with Crippen molar-refractivity contribution in [2.24, 2.45) is 0 Å². The van der Waals surface area contributed by atoms with Gasteiger partial charge in [-0.3, -0.25) is 4.79 Å². The van der Waals surface area contributed by atoms with Crippen LogP contribution in [0.15, 0.2) is 18.2 Å². The topological polar surface area (TPSA) is 41.6 Å². The lowest BCUT2D eigenvalue weighted by Crippen LogP contribution is -2.25.